The number of nitrogens with zero attached hydrogens (tertiary/aromatic N) is 10. The van der Waals surface area contributed by atoms with Crippen LogP contribution in [0.4, 0.5) is 23.4 Å². The first-order valence-electron chi connectivity index (χ1n) is 17.1. The minimum Gasteiger partial charge on any atom is -0.364 e. The zero-order valence-electron chi connectivity index (χ0n) is 28.6. The molecule has 2 unspecified atom stereocenters. The zero-order valence-corrected chi connectivity index (χ0v) is 31.0. The number of amides is 2. The van der Waals surface area contributed by atoms with E-state index in [0.29, 0.717) is 72.8 Å². The summed E-state index contributed by atoms with van der Waals surface area (Å²) >= 11 is 5.92. The van der Waals surface area contributed by atoms with Crippen LogP contribution < -0.4 is 20.4 Å². The van der Waals surface area contributed by atoms with E-state index in [2.05, 4.69) is 40.4 Å². The molecule has 3 saturated heterocycles. The quantitative estimate of drug-likeness (QED) is 0.341. The largest absolute Gasteiger partial charge is 0.364 e. The Balaban J connectivity index is 0.000000175. The summed E-state index contributed by atoms with van der Waals surface area (Å²) in [5, 5.41) is 6.94. The van der Waals surface area contributed by atoms with Gasteiger partial charge in [0.05, 0.1) is 33.0 Å². The number of likely N-dealkylation sites (N-methyl/N-ethyl adjacent to an activating group) is 2. The topological polar surface area (TPSA) is 183 Å². The van der Waals surface area contributed by atoms with Crippen molar-refractivity contribution in [1.29, 1.82) is 0 Å². The monoisotopic (exact) mass is 756 g/mol. The van der Waals surface area contributed by atoms with Gasteiger partial charge in [-0.3, -0.25) is 18.0 Å². The summed E-state index contributed by atoms with van der Waals surface area (Å²) in [6.45, 7) is 4.44. The molecule has 272 valence electrons. The number of aromatic nitrogens is 6. The summed E-state index contributed by atoms with van der Waals surface area (Å²) in [5.74, 6) is 4.31. The minimum atomic E-state index is -1.08. The number of likely N-dealkylation sites (tertiary alicyclic amines) is 2. The molecule has 0 bridgehead atoms. The van der Waals surface area contributed by atoms with Crippen LogP contribution in [0.3, 0.4) is 0 Å². The number of carbonyl (C=O) groups excluding carboxylic acids is 2. The summed E-state index contributed by atoms with van der Waals surface area (Å²) in [7, 11) is 1.46. The zero-order chi connectivity index (χ0) is 35.6. The number of rotatable bonds is 6. The van der Waals surface area contributed by atoms with Crippen molar-refractivity contribution in [3.05, 3.63) is 35.3 Å². The average molecular weight is 757 g/mol. The van der Waals surface area contributed by atoms with Crippen molar-refractivity contribution in [2.24, 2.45) is 0 Å². The molecule has 5 aliphatic rings. The average Bonchev–Trinajstić information content (AvgIpc) is 3.70. The number of fused-ring (bicyclic) bond motifs is 2. The maximum absolute atomic E-state index is 12.6. The number of halogens is 1. The fourth-order valence-corrected chi connectivity index (χ4v) is 9.75. The molecule has 2 amide bonds. The van der Waals surface area contributed by atoms with Crippen LogP contribution in [0.15, 0.2) is 28.4 Å². The Labute approximate surface area is 306 Å². The van der Waals surface area contributed by atoms with E-state index in [1.165, 1.54) is 0 Å². The number of piperidine rings is 2. The number of aryl methyl sites for hydroxylation is 2. The fourth-order valence-electron chi connectivity index (χ4n) is 6.94. The number of piperazine rings is 1. The smallest absolute Gasteiger partial charge is 0.227 e. The van der Waals surface area contributed by atoms with Gasteiger partial charge in [-0.25, -0.2) is 19.9 Å². The Morgan fingerprint density at radius 2 is 1.29 bits per heavy atom. The third-order valence-electron chi connectivity index (χ3n) is 9.72. The number of anilines is 4. The second-order valence-corrected chi connectivity index (χ2v) is 16.6. The van der Waals surface area contributed by atoms with Crippen LogP contribution in [-0.4, -0.2) is 137 Å². The molecule has 4 atom stereocenters. The summed E-state index contributed by atoms with van der Waals surface area (Å²) in [5.41, 5.74) is 1.65. The van der Waals surface area contributed by atoms with Gasteiger partial charge in [0.2, 0.25) is 23.0 Å². The van der Waals surface area contributed by atoms with Crippen LogP contribution in [0.1, 0.15) is 37.1 Å². The number of nitrogens with one attached hydrogen (secondary N) is 2. The van der Waals surface area contributed by atoms with Crippen LogP contribution in [0.5, 0.6) is 0 Å². The molecule has 2 N–H and O–H groups in total. The van der Waals surface area contributed by atoms with Crippen molar-refractivity contribution in [2.75, 3.05) is 85.3 Å². The Morgan fingerprint density at radius 3 is 1.84 bits per heavy atom. The van der Waals surface area contributed by atoms with Crippen LogP contribution in [-0.2, 0) is 44.0 Å². The van der Waals surface area contributed by atoms with E-state index in [1.807, 2.05) is 13.1 Å². The van der Waals surface area contributed by atoms with Gasteiger partial charge in [-0.2, -0.15) is 9.97 Å². The van der Waals surface area contributed by atoms with E-state index in [9.17, 15) is 18.0 Å². The first kappa shape index (κ1) is 35.4. The molecule has 0 radical (unpaired) electrons. The van der Waals surface area contributed by atoms with E-state index in [4.69, 9.17) is 21.6 Å². The first-order valence-corrected chi connectivity index (χ1v) is 20.2. The molecular weight excluding hydrogens is 716 g/mol. The van der Waals surface area contributed by atoms with Crippen molar-refractivity contribution in [3.8, 4) is 0 Å². The molecule has 0 spiro atoms. The number of carbonyl (C=O) groups is 2. The molecule has 8 rings (SSSR count). The Morgan fingerprint density at radius 1 is 0.745 bits per heavy atom. The summed E-state index contributed by atoms with van der Waals surface area (Å²) in [4.78, 5) is 58.8. The van der Waals surface area contributed by atoms with Crippen LogP contribution >= 0.6 is 11.6 Å². The first-order chi connectivity index (χ1) is 24.6. The molecule has 0 saturated carbocycles. The van der Waals surface area contributed by atoms with Crippen LogP contribution in [0, 0.1) is 0 Å². The number of hydrogen-bond acceptors (Lipinski definition) is 14. The second kappa shape index (κ2) is 15.3. The highest BCUT2D eigenvalue weighted by Gasteiger charge is 2.32. The van der Waals surface area contributed by atoms with Gasteiger partial charge in [-0.15, -0.1) is 0 Å². The summed E-state index contributed by atoms with van der Waals surface area (Å²) < 4.78 is 24.7. The lowest BCUT2D eigenvalue weighted by molar-refractivity contribution is -0.132. The van der Waals surface area contributed by atoms with Crippen molar-refractivity contribution in [1.82, 2.24) is 39.7 Å². The molecule has 8 heterocycles. The number of hydrogen-bond donors (Lipinski definition) is 2. The lowest BCUT2D eigenvalue weighted by Crippen LogP contribution is -2.47. The standard InChI is InChI=1S/C20H26N8O2S.C12H15ClN4O2S/c1-26-12-14(2-3-17(26)29)23-19-18-15(5-11-31(18)30)24-20(25-19)28-9-7-27(8-10-28)16-4-6-21-13-22-16;1-17-6-7(2-3-9(17)18)14-11-10-8(4-5-20(10)19)15-12(13)16-11/h4,6,13-14H,2-3,5,7-12H2,1H3,(H,23,24,25);7H,2-6H2,1H3,(H,14,15,16)/t14-,31?;7-,20?/m00/s1. The predicted molar refractivity (Wildman–Crippen MR) is 194 cm³/mol. The van der Waals surface area contributed by atoms with Gasteiger partial charge in [0.15, 0.2) is 0 Å². The predicted octanol–water partition coefficient (Wildman–Crippen LogP) is 1.12. The molecule has 5 aliphatic heterocycles. The van der Waals surface area contributed by atoms with Gasteiger partial charge in [0, 0.05) is 109 Å². The van der Waals surface area contributed by atoms with Gasteiger partial charge in [0.1, 0.15) is 33.6 Å². The second-order valence-electron chi connectivity index (χ2n) is 13.2. The van der Waals surface area contributed by atoms with Crippen molar-refractivity contribution in [2.45, 2.75) is 60.4 Å². The van der Waals surface area contributed by atoms with Crippen molar-refractivity contribution in [3.63, 3.8) is 0 Å². The van der Waals surface area contributed by atoms with Gasteiger partial charge < -0.3 is 30.2 Å². The molecule has 3 fully saturated rings. The highest BCUT2D eigenvalue weighted by molar-refractivity contribution is 7.85. The fraction of sp³-hybridized carbons (Fsp3) is 0.562. The highest BCUT2D eigenvalue weighted by Crippen LogP contribution is 2.32. The molecular formula is C32H41ClN12O4S2. The van der Waals surface area contributed by atoms with E-state index < -0.39 is 21.6 Å². The maximum Gasteiger partial charge on any atom is 0.227 e. The summed E-state index contributed by atoms with van der Waals surface area (Å²) in [6, 6.07) is 2.12. The molecule has 19 heteroatoms. The SMILES string of the molecule is CN1C[C@@H](Nc2nc(Cl)nc3c2S(=O)CC3)CCC1=O.CN1C[C@@H](Nc2nc(N3CCN(c4ccncn4)CC3)nc3c2S(=O)CC3)CCC1=O. The lowest BCUT2D eigenvalue weighted by Gasteiger charge is -2.36. The molecule has 3 aromatic rings. The molecule has 0 aliphatic carbocycles. The van der Waals surface area contributed by atoms with E-state index in [1.54, 1.807) is 29.4 Å². The van der Waals surface area contributed by atoms with Crippen molar-refractivity contribution >= 4 is 68.4 Å². The van der Waals surface area contributed by atoms with Crippen molar-refractivity contribution < 1.29 is 18.0 Å². The summed E-state index contributed by atoms with van der Waals surface area (Å²) in [6.07, 6.45) is 7.22. The van der Waals surface area contributed by atoms with Gasteiger partial charge in [-0.05, 0) is 30.5 Å². The van der Waals surface area contributed by atoms with Gasteiger partial charge >= 0.3 is 0 Å². The lowest BCUT2D eigenvalue weighted by atomic mass is 10.1. The van der Waals surface area contributed by atoms with E-state index in [-0.39, 0.29) is 29.2 Å². The Bertz CT molecular complexity index is 1850. The third-order valence-corrected chi connectivity index (χ3v) is 12.8. The minimum absolute atomic E-state index is 0.0989. The Hall–Kier alpha value is -4.03. The van der Waals surface area contributed by atoms with Gasteiger partial charge in [-0.1, -0.05) is 0 Å². The highest BCUT2D eigenvalue weighted by atomic mass is 35.5. The van der Waals surface area contributed by atoms with Gasteiger partial charge in [0.25, 0.3) is 0 Å². The molecule has 3 aromatic heterocycles. The molecule has 16 nitrogen and oxygen atoms in total. The van der Waals surface area contributed by atoms with Crippen LogP contribution in [0.2, 0.25) is 5.28 Å². The molecule has 0 aromatic carbocycles. The van der Waals surface area contributed by atoms with E-state index >= 15 is 0 Å². The maximum atomic E-state index is 12.6. The normalized spacial score (nSPS) is 24.5. The van der Waals surface area contributed by atoms with Crippen LogP contribution in [0.25, 0.3) is 0 Å². The Kier molecular flexibility index (Phi) is 10.6. The third kappa shape index (κ3) is 7.91. The molecule has 51 heavy (non-hydrogen) atoms. The van der Waals surface area contributed by atoms with E-state index in [0.717, 1.165) is 61.1 Å².